The number of hydrogen-bond donors (Lipinski definition) is 3. The zero-order valence-corrected chi connectivity index (χ0v) is 24.0. The van der Waals surface area contributed by atoms with Crippen molar-refractivity contribution in [2.75, 3.05) is 0 Å². The molecular formula is C23H26F3O14S2-. The zero-order chi connectivity index (χ0) is 31.6. The Labute approximate surface area is 239 Å². The van der Waals surface area contributed by atoms with Gasteiger partial charge in [-0.05, 0) is 12.3 Å². The van der Waals surface area contributed by atoms with Crippen molar-refractivity contribution in [1.29, 1.82) is 0 Å². The van der Waals surface area contributed by atoms with Gasteiger partial charge in [-0.25, -0.2) is 4.79 Å². The number of rotatable bonds is 3. The molecule has 0 aromatic rings. The standard InChI is InChI=1S/C23H26F3O14S2/c1-6-13(29)36-12-10(28)19-11-8(40-42(34,35)23(24,25)26)9(17(3,4)5)18(19)14(30)22(33,41-7(2)27)39-16(18)38-21(19,15(31)37-11)20(6,12)32/h6,8-12,14,16,28,30,32H,1-5H3/q-1/t6-,8-,9+,10+,11?,12+,14-,16?,18?,19?,20-,21+,22?/m1/s1. The Hall–Kier alpha value is -1.58. The number of fused-ring (bicyclic) bond motifs is 1. The minimum absolute atomic E-state index is 0.0620. The third-order valence-electron chi connectivity index (χ3n) is 9.89. The summed E-state index contributed by atoms with van der Waals surface area (Å²) in [6.45, 7) is 6.22. The van der Waals surface area contributed by atoms with Gasteiger partial charge in [-0.3, -0.25) is 13.8 Å². The first kappa shape index (κ1) is 30.4. The van der Waals surface area contributed by atoms with Gasteiger partial charge in [0.1, 0.15) is 18.3 Å². The third-order valence-corrected chi connectivity index (χ3v) is 11.8. The van der Waals surface area contributed by atoms with E-state index in [4.69, 9.17) is 23.1 Å². The highest BCUT2D eigenvalue weighted by molar-refractivity contribution is 8.14. The second-order valence-corrected chi connectivity index (χ2v) is 15.5. The molecule has 236 valence electrons. The van der Waals surface area contributed by atoms with E-state index in [0.29, 0.717) is 0 Å². The van der Waals surface area contributed by atoms with Gasteiger partial charge >= 0.3 is 27.6 Å². The van der Waals surface area contributed by atoms with Crippen LogP contribution in [0.15, 0.2) is 0 Å². The number of alkyl halides is 3. The lowest BCUT2D eigenvalue weighted by Gasteiger charge is -2.51. The normalized spacial score (nSPS) is 52.6. The first-order chi connectivity index (χ1) is 18.9. The summed E-state index contributed by atoms with van der Waals surface area (Å²) >= 11 is -0.0620. The van der Waals surface area contributed by atoms with Crippen molar-refractivity contribution >= 4 is 38.9 Å². The van der Waals surface area contributed by atoms with Gasteiger partial charge in [-0.2, -0.15) is 21.6 Å². The van der Waals surface area contributed by atoms with Crippen LogP contribution in [0, 0.1) is 28.1 Å². The number of aliphatic hydroxyl groups is 3. The lowest BCUT2D eigenvalue weighted by atomic mass is 9.50. The van der Waals surface area contributed by atoms with E-state index in [2.05, 4.69) is 0 Å². The summed E-state index contributed by atoms with van der Waals surface area (Å²) in [6.07, 6.45) is -13.7. The number of carbonyl (C=O) groups is 3. The maximum Gasteiger partial charge on any atom is 0.523 e. The number of carbonyl (C=O) groups excluding carboxylic acids is 3. The van der Waals surface area contributed by atoms with E-state index in [-0.39, 0.29) is 11.8 Å². The summed E-state index contributed by atoms with van der Waals surface area (Å²) in [7, 11) is -6.47. The van der Waals surface area contributed by atoms with Crippen LogP contribution in [0.4, 0.5) is 13.2 Å². The molecule has 4 aliphatic heterocycles. The molecule has 6 rings (SSSR count). The van der Waals surface area contributed by atoms with Crippen molar-refractivity contribution in [1.82, 2.24) is 0 Å². The van der Waals surface area contributed by atoms with Crippen LogP contribution in [0.1, 0.15) is 34.6 Å². The Kier molecular flexibility index (Phi) is 5.78. The number of ether oxygens (including phenoxy) is 4. The van der Waals surface area contributed by atoms with E-state index in [1.807, 2.05) is 0 Å². The van der Waals surface area contributed by atoms with Crippen LogP contribution in [-0.4, -0.2) is 99.4 Å². The largest absolute Gasteiger partial charge is 0.818 e. The first-order valence-corrected chi connectivity index (χ1v) is 14.9. The monoisotopic (exact) mass is 647 g/mol. The Balaban J connectivity index is 1.71. The number of thioether (sulfide) groups is 1. The first-order valence-electron chi connectivity index (χ1n) is 12.7. The molecule has 4 heterocycles. The summed E-state index contributed by atoms with van der Waals surface area (Å²) in [5, 5.41) is 45.9. The molecule has 2 saturated carbocycles. The van der Waals surface area contributed by atoms with E-state index in [9.17, 15) is 56.4 Å². The number of hydrogen-bond acceptors (Lipinski definition) is 15. The predicted octanol–water partition coefficient (Wildman–Crippen LogP) is -1.76. The molecule has 2 aliphatic carbocycles. The molecular weight excluding hydrogens is 621 g/mol. The Morgan fingerprint density at radius 1 is 1.10 bits per heavy atom. The fourth-order valence-electron chi connectivity index (χ4n) is 8.95. The van der Waals surface area contributed by atoms with Gasteiger partial charge in [0, 0.05) is 12.8 Å². The maximum absolute atomic E-state index is 14.0. The molecule has 0 aromatic heterocycles. The maximum atomic E-state index is 14.0. The van der Waals surface area contributed by atoms with Gasteiger partial charge < -0.3 is 39.4 Å². The Morgan fingerprint density at radius 2 is 1.69 bits per heavy atom. The summed E-state index contributed by atoms with van der Waals surface area (Å²) in [5.41, 5.74) is -18.5. The van der Waals surface area contributed by atoms with E-state index in [1.165, 1.54) is 20.8 Å². The minimum atomic E-state index is -6.47. The molecule has 5 unspecified atom stereocenters. The molecule has 14 nitrogen and oxygen atoms in total. The second kappa shape index (κ2) is 7.97. The molecule has 2 spiro atoms. The molecule has 4 saturated heterocycles. The average Bonchev–Trinajstić information content (AvgIpc) is 3.50. The molecule has 0 bridgehead atoms. The highest BCUT2D eigenvalue weighted by Crippen LogP contribution is 2.86. The van der Waals surface area contributed by atoms with Crippen LogP contribution in [0.25, 0.3) is 0 Å². The van der Waals surface area contributed by atoms with Crippen molar-refractivity contribution in [3.63, 3.8) is 0 Å². The molecule has 13 atom stereocenters. The average molecular weight is 648 g/mol. The lowest BCUT2D eigenvalue weighted by molar-refractivity contribution is -0.528. The van der Waals surface area contributed by atoms with Crippen LogP contribution in [0.2, 0.25) is 0 Å². The fourth-order valence-corrected chi connectivity index (χ4v) is 10.4. The van der Waals surface area contributed by atoms with Crippen LogP contribution in [0.5, 0.6) is 0 Å². The smallest absolute Gasteiger partial charge is 0.523 e. The van der Waals surface area contributed by atoms with E-state index < -0.39 is 114 Å². The lowest BCUT2D eigenvalue weighted by Crippen LogP contribution is -2.69. The van der Waals surface area contributed by atoms with Crippen molar-refractivity contribution in [3.05, 3.63) is 0 Å². The third kappa shape index (κ3) is 2.81. The fraction of sp³-hybridized carbons (Fsp3) is 0.870. The molecule has 3 N–H and O–H groups in total. The molecule has 19 heteroatoms. The van der Waals surface area contributed by atoms with Crippen LogP contribution in [0.3, 0.4) is 0 Å². The van der Waals surface area contributed by atoms with Gasteiger partial charge in [0.05, 0.1) is 28.0 Å². The summed E-state index contributed by atoms with van der Waals surface area (Å²) in [4.78, 5) is 38.5. The second-order valence-electron chi connectivity index (χ2n) is 12.6. The van der Waals surface area contributed by atoms with Gasteiger partial charge in [-0.15, -0.1) is 0 Å². The Bertz CT molecular complexity index is 1420. The van der Waals surface area contributed by atoms with Crippen molar-refractivity contribution < 1.29 is 79.5 Å². The highest BCUT2D eigenvalue weighted by atomic mass is 32.2. The van der Waals surface area contributed by atoms with Crippen molar-refractivity contribution in [3.8, 4) is 0 Å². The van der Waals surface area contributed by atoms with Gasteiger partial charge in [0.2, 0.25) is 5.60 Å². The van der Waals surface area contributed by atoms with Gasteiger partial charge in [0.15, 0.2) is 23.1 Å². The molecule has 42 heavy (non-hydrogen) atoms. The van der Waals surface area contributed by atoms with E-state index in [1.54, 1.807) is 0 Å². The van der Waals surface area contributed by atoms with Gasteiger partial charge in [0.25, 0.3) is 0 Å². The molecule has 0 amide bonds. The van der Waals surface area contributed by atoms with Crippen molar-refractivity contribution in [2.45, 2.75) is 93.3 Å². The van der Waals surface area contributed by atoms with E-state index in [0.717, 1.165) is 13.8 Å². The molecule has 6 aliphatic rings. The number of halogens is 3. The SMILES string of the molecule is CC(=O)SC1([O-])OC2O[C@@]34C(=O)OC5[C@H](OS(=O)(=O)C(F)(F)F)[C@@H](C(C)(C)C)C2([C@H]1O)C53[C@@H](O)[C@@H]1OC(=O)[C@@H](C)[C@@]14O. The quantitative estimate of drug-likeness (QED) is 0.134. The van der Waals surface area contributed by atoms with Crippen LogP contribution in [-0.2, 0) is 47.6 Å². The summed E-state index contributed by atoms with van der Waals surface area (Å²) in [5.74, 6) is -6.08. The topological polar surface area (TPSA) is 215 Å². The summed E-state index contributed by atoms with van der Waals surface area (Å²) in [6, 6.07) is 0. The predicted molar refractivity (Wildman–Crippen MR) is 123 cm³/mol. The zero-order valence-electron chi connectivity index (χ0n) is 22.4. The van der Waals surface area contributed by atoms with Gasteiger partial charge in [-0.1, -0.05) is 32.5 Å². The highest BCUT2D eigenvalue weighted by Gasteiger charge is 3.05. The van der Waals surface area contributed by atoms with E-state index >= 15 is 0 Å². The van der Waals surface area contributed by atoms with Crippen LogP contribution >= 0.6 is 11.8 Å². The molecule has 0 aromatic carbocycles. The van der Waals surface area contributed by atoms with Crippen molar-refractivity contribution in [2.24, 2.45) is 28.1 Å². The molecule has 6 fully saturated rings. The Morgan fingerprint density at radius 3 is 2.21 bits per heavy atom. The van der Waals surface area contributed by atoms with Crippen LogP contribution < -0.4 is 5.11 Å². The number of aliphatic hydroxyl groups excluding tert-OH is 2. The number of esters is 2. The molecule has 0 radical (unpaired) electrons. The summed E-state index contributed by atoms with van der Waals surface area (Å²) < 4.78 is 92.8. The minimum Gasteiger partial charge on any atom is -0.818 e.